The van der Waals surface area contributed by atoms with Gasteiger partial charge in [0.15, 0.2) is 0 Å². The van der Waals surface area contributed by atoms with Gasteiger partial charge in [0.25, 0.3) is 0 Å². The van der Waals surface area contributed by atoms with E-state index in [1.54, 1.807) is 19.2 Å². The molecular formula is C12H17ClFNO. The number of halogens is 2. The third kappa shape index (κ3) is 3.65. The number of anilines is 1. The Bertz CT molecular complexity index is 335. The molecule has 1 rings (SSSR count). The first-order valence-corrected chi connectivity index (χ1v) is 5.57. The quantitative estimate of drug-likeness (QED) is 0.854. The Morgan fingerprint density at radius 3 is 2.69 bits per heavy atom. The highest BCUT2D eigenvalue weighted by Gasteiger charge is 2.16. The topological polar surface area (TPSA) is 21.3 Å². The molecule has 0 fully saturated rings. The van der Waals surface area contributed by atoms with E-state index in [2.05, 4.69) is 5.32 Å². The maximum atomic E-state index is 13.4. The molecule has 0 spiro atoms. The van der Waals surface area contributed by atoms with Crippen molar-refractivity contribution in [1.29, 1.82) is 0 Å². The lowest BCUT2D eigenvalue weighted by Crippen LogP contribution is -2.26. The van der Waals surface area contributed by atoms with Gasteiger partial charge < -0.3 is 10.1 Å². The Balaban J connectivity index is 2.56. The number of ether oxygens (including phenoxy) is 1. The first-order chi connectivity index (χ1) is 7.46. The zero-order chi connectivity index (χ0) is 12.2. The van der Waals surface area contributed by atoms with Gasteiger partial charge >= 0.3 is 0 Å². The fraction of sp³-hybridized carbons (Fsp3) is 0.500. The lowest BCUT2D eigenvalue weighted by atomic mass is 10.1. The van der Waals surface area contributed by atoms with Crippen molar-refractivity contribution in [3.63, 3.8) is 0 Å². The maximum Gasteiger partial charge on any atom is 0.147 e. The molecule has 0 aliphatic carbocycles. The van der Waals surface area contributed by atoms with E-state index < -0.39 is 0 Å². The van der Waals surface area contributed by atoms with Crippen LogP contribution in [0.5, 0.6) is 0 Å². The molecule has 1 N–H and O–H groups in total. The third-order valence-electron chi connectivity index (χ3n) is 2.54. The summed E-state index contributed by atoms with van der Waals surface area (Å²) in [6.07, 6.45) is 0.772. The van der Waals surface area contributed by atoms with Gasteiger partial charge in [-0.2, -0.15) is 0 Å². The second-order valence-electron chi connectivity index (χ2n) is 4.24. The Morgan fingerprint density at radius 1 is 1.44 bits per heavy atom. The summed E-state index contributed by atoms with van der Waals surface area (Å²) in [5.74, 6) is -0.331. The molecule has 1 aromatic carbocycles. The van der Waals surface area contributed by atoms with E-state index >= 15 is 0 Å². The lowest BCUT2D eigenvalue weighted by Gasteiger charge is -2.23. The zero-order valence-electron chi connectivity index (χ0n) is 9.81. The van der Waals surface area contributed by atoms with Crippen molar-refractivity contribution >= 4 is 17.3 Å². The molecule has 0 unspecified atom stereocenters. The number of benzene rings is 1. The highest BCUT2D eigenvalue weighted by Crippen LogP contribution is 2.25. The van der Waals surface area contributed by atoms with Gasteiger partial charge in [0.1, 0.15) is 5.82 Å². The largest absolute Gasteiger partial charge is 0.381 e. The standard InChI is InChI=1S/C12H17ClFNO/c1-12(2,16-3)7-8-15-11-9(13)5-4-6-10(11)14/h4-6,15H,7-8H2,1-3H3. The van der Waals surface area contributed by atoms with Crippen molar-refractivity contribution in [3.05, 3.63) is 29.0 Å². The molecule has 4 heteroatoms. The molecule has 0 aromatic heterocycles. The van der Waals surface area contributed by atoms with Gasteiger partial charge in [0.05, 0.1) is 16.3 Å². The summed E-state index contributed by atoms with van der Waals surface area (Å²) in [5.41, 5.74) is 0.140. The van der Waals surface area contributed by atoms with Gasteiger partial charge in [0, 0.05) is 13.7 Å². The van der Waals surface area contributed by atoms with Crippen LogP contribution in [0.3, 0.4) is 0 Å². The Morgan fingerprint density at radius 2 is 2.12 bits per heavy atom. The second-order valence-corrected chi connectivity index (χ2v) is 4.64. The molecule has 90 valence electrons. The average Bonchev–Trinajstić information content (AvgIpc) is 2.22. The van der Waals surface area contributed by atoms with Crippen LogP contribution >= 0.6 is 11.6 Å². The van der Waals surface area contributed by atoms with E-state index in [9.17, 15) is 4.39 Å². The first kappa shape index (κ1) is 13.3. The molecule has 0 bridgehead atoms. The molecule has 0 heterocycles. The molecule has 2 nitrogen and oxygen atoms in total. The number of hydrogen-bond donors (Lipinski definition) is 1. The molecular weight excluding hydrogens is 229 g/mol. The van der Waals surface area contributed by atoms with Crippen molar-refractivity contribution in [2.24, 2.45) is 0 Å². The summed E-state index contributed by atoms with van der Waals surface area (Å²) in [7, 11) is 1.66. The molecule has 1 aromatic rings. The molecule has 16 heavy (non-hydrogen) atoms. The Hall–Kier alpha value is -0.800. The van der Waals surface area contributed by atoms with Crippen LogP contribution in [0.25, 0.3) is 0 Å². The molecule has 0 radical (unpaired) electrons. The zero-order valence-corrected chi connectivity index (χ0v) is 10.6. The molecule has 0 saturated carbocycles. The van der Waals surface area contributed by atoms with Crippen LogP contribution in [0.4, 0.5) is 10.1 Å². The lowest BCUT2D eigenvalue weighted by molar-refractivity contribution is 0.0185. The molecule has 0 saturated heterocycles. The number of nitrogens with one attached hydrogen (secondary N) is 1. The minimum absolute atomic E-state index is 0.218. The maximum absolute atomic E-state index is 13.4. The van der Waals surface area contributed by atoms with E-state index in [1.165, 1.54) is 6.07 Å². The van der Waals surface area contributed by atoms with Crippen LogP contribution in [-0.4, -0.2) is 19.3 Å². The second kappa shape index (κ2) is 5.51. The third-order valence-corrected chi connectivity index (χ3v) is 2.86. The van der Waals surface area contributed by atoms with E-state index in [4.69, 9.17) is 16.3 Å². The summed E-state index contributed by atoms with van der Waals surface area (Å²) >= 11 is 5.88. The van der Waals surface area contributed by atoms with E-state index in [0.717, 1.165) is 6.42 Å². The summed E-state index contributed by atoms with van der Waals surface area (Å²) < 4.78 is 18.6. The SMILES string of the molecule is COC(C)(C)CCNc1c(F)cccc1Cl. The van der Waals surface area contributed by atoms with E-state index in [0.29, 0.717) is 17.3 Å². The van der Waals surface area contributed by atoms with Gasteiger partial charge in [-0.05, 0) is 32.4 Å². The normalized spacial score (nSPS) is 11.6. The minimum atomic E-state index is -0.331. The van der Waals surface area contributed by atoms with Crippen LogP contribution in [0.2, 0.25) is 5.02 Å². The van der Waals surface area contributed by atoms with Gasteiger partial charge in [-0.25, -0.2) is 4.39 Å². The first-order valence-electron chi connectivity index (χ1n) is 5.19. The number of hydrogen-bond acceptors (Lipinski definition) is 2. The van der Waals surface area contributed by atoms with Crippen molar-refractivity contribution in [2.75, 3.05) is 19.0 Å². The molecule has 0 aliphatic rings. The Labute approximate surface area is 101 Å². The van der Waals surface area contributed by atoms with Gasteiger partial charge in [-0.15, -0.1) is 0 Å². The molecule has 0 aliphatic heterocycles. The number of para-hydroxylation sites is 1. The van der Waals surface area contributed by atoms with Gasteiger partial charge in [0.2, 0.25) is 0 Å². The van der Waals surface area contributed by atoms with Crippen molar-refractivity contribution in [2.45, 2.75) is 25.9 Å². The van der Waals surface area contributed by atoms with Gasteiger partial charge in [-0.3, -0.25) is 0 Å². The van der Waals surface area contributed by atoms with E-state index in [-0.39, 0.29) is 11.4 Å². The molecule has 0 amide bonds. The van der Waals surface area contributed by atoms with Crippen LogP contribution < -0.4 is 5.32 Å². The average molecular weight is 246 g/mol. The van der Waals surface area contributed by atoms with Crippen molar-refractivity contribution < 1.29 is 9.13 Å². The van der Waals surface area contributed by atoms with Gasteiger partial charge in [-0.1, -0.05) is 17.7 Å². The molecule has 0 atom stereocenters. The minimum Gasteiger partial charge on any atom is -0.381 e. The van der Waals surface area contributed by atoms with Crippen LogP contribution in [0, 0.1) is 5.82 Å². The number of methoxy groups -OCH3 is 1. The van der Waals surface area contributed by atoms with Crippen LogP contribution in [0.1, 0.15) is 20.3 Å². The predicted octanol–water partition coefficient (Wildman–Crippen LogP) is 3.71. The fourth-order valence-corrected chi connectivity index (χ4v) is 1.49. The van der Waals surface area contributed by atoms with Crippen molar-refractivity contribution in [3.8, 4) is 0 Å². The monoisotopic (exact) mass is 245 g/mol. The highest BCUT2D eigenvalue weighted by atomic mass is 35.5. The van der Waals surface area contributed by atoms with Crippen LogP contribution in [0.15, 0.2) is 18.2 Å². The summed E-state index contributed by atoms with van der Waals surface area (Å²) in [5, 5.41) is 3.38. The highest BCUT2D eigenvalue weighted by molar-refractivity contribution is 6.33. The Kier molecular flexibility index (Phi) is 4.56. The predicted molar refractivity (Wildman–Crippen MR) is 65.6 cm³/mol. The summed E-state index contributed by atoms with van der Waals surface area (Å²) in [4.78, 5) is 0. The van der Waals surface area contributed by atoms with Crippen molar-refractivity contribution in [1.82, 2.24) is 0 Å². The fourth-order valence-electron chi connectivity index (χ4n) is 1.26. The summed E-state index contributed by atoms with van der Waals surface area (Å²) in [6.45, 7) is 4.58. The number of rotatable bonds is 5. The van der Waals surface area contributed by atoms with Crippen LogP contribution in [-0.2, 0) is 4.74 Å². The smallest absolute Gasteiger partial charge is 0.147 e. The van der Waals surface area contributed by atoms with E-state index in [1.807, 2.05) is 13.8 Å². The summed E-state index contributed by atoms with van der Waals surface area (Å²) in [6, 6.07) is 4.63.